The SMILES string of the molecule is CC(C)(C)c1[nH]c2ccccc2c1C1CNC1. The van der Waals surface area contributed by atoms with Crippen molar-refractivity contribution in [1.29, 1.82) is 0 Å². The van der Waals surface area contributed by atoms with E-state index in [-0.39, 0.29) is 5.41 Å². The quantitative estimate of drug-likeness (QED) is 0.771. The van der Waals surface area contributed by atoms with Gasteiger partial charge < -0.3 is 10.3 Å². The Hall–Kier alpha value is -1.28. The molecule has 90 valence electrons. The molecule has 0 unspecified atom stereocenters. The fraction of sp³-hybridized carbons (Fsp3) is 0.467. The van der Waals surface area contributed by atoms with Gasteiger partial charge in [0, 0.05) is 41.0 Å². The van der Waals surface area contributed by atoms with Crippen LogP contribution < -0.4 is 5.32 Å². The zero-order valence-corrected chi connectivity index (χ0v) is 10.8. The highest BCUT2D eigenvalue weighted by molar-refractivity contribution is 5.86. The molecule has 2 nitrogen and oxygen atoms in total. The summed E-state index contributed by atoms with van der Waals surface area (Å²) < 4.78 is 0. The second kappa shape index (κ2) is 3.61. The lowest BCUT2D eigenvalue weighted by Crippen LogP contribution is -2.40. The molecule has 2 heterocycles. The zero-order valence-electron chi connectivity index (χ0n) is 10.8. The summed E-state index contributed by atoms with van der Waals surface area (Å²) in [5.41, 5.74) is 4.40. The van der Waals surface area contributed by atoms with Crippen LogP contribution in [0.1, 0.15) is 37.9 Å². The number of rotatable bonds is 1. The fourth-order valence-electron chi connectivity index (χ4n) is 2.67. The van der Waals surface area contributed by atoms with Gasteiger partial charge in [-0.25, -0.2) is 0 Å². The topological polar surface area (TPSA) is 27.8 Å². The van der Waals surface area contributed by atoms with Crippen LogP contribution in [0.2, 0.25) is 0 Å². The minimum absolute atomic E-state index is 0.184. The number of benzene rings is 1. The molecule has 0 aliphatic carbocycles. The van der Waals surface area contributed by atoms with Crippen LogP contribution in [0.5, 0.6) is 0 Å². The first-order chi connectivity index (χ1) is 8.07. The number of nitrogens with one attached hydrogen (secondary N) is 2. The first-order valence-corrected chi connectivity index (χ1v) is 6.39. The Labute approximate surface area is 102 Å². The molecule has 1 fully saturated rings. The van der Waals surface area contributed by atoms with E-state index in [0.717, 1.165) is 13.1 Å². The number of fused-ring (bicyclic) bond motifs is 1. The fourth-order valence-corrected chi connectivity index (χ4v) is 2.67. The molecule has 3 rings (SSSR count). The van der Waals surface area contributed by atoms with Crippen LogP contribution in [0.3, 0.4) is 0 Å². The number of hydrogen-bond acceptors (Lipinski definition) is 1. The van der Waals surface area contributed by atoms with Gasteiger partial charge in [-0.3, -0.25) is 0 Å². The van der Waals surface area contributed by atoms with Crippen LogP contribution >= 0.6 is 0 Å². The van der Waals surface area contributed by atoms with Crippen LogP contribution in [0, 0.1) is 0 Å². The molecule has 2 aromatic rings. The van der Waals surface area contributed by atoms with Crippen molar-refractivity contribution in [2.75, 3.05) is 13.1 Å². The van der Waals surface area contributed by atoms with Crippen molar-refractivity contribution in [3.63, 3.8) is 0 Å². The van der Waals surface area contributed by atoms with E-state index in [1.807, 2.05) is 0 Å². The largest absolute Gasteiger partial charge is 0.358 e. The Morgan fingerprint density at radius 3 is 2.41 bits per heavy atom. The van der Waals surface area contributed by atoms with Crippen molar-refractivity contribution in [2.24, 2.45) is 0 Å². The lowest BCUT2D eigenvalue weighted by Gasteiger charge is -2.31. The maximum absolute atomic E-state index is 3.63. The molecular formula is C15H20N2. The minimum atomic E-state index is 0.184. The molecular weight excluding hydrogens is 208 g/mol. The first-order valence-electron chi connectivity index (χ1n) is 6.39. The van der Waals surface area contributed by atoms with Gasteiger partial charge >= 0.3 is 0 Å². The van der Waals surface area contributed by atoms with E-state index < -0.39 is 0 Å². The van der Waals surface area contributed by atoms with Gasteiger partial charge in [0.25, 0.3) is 0 Å². The van der Waals surface area contributed by atoms with Crippen molar-refractivity contribution in [2.45, 2.75) is 32.1 Å². The predicted molar refractivity (Wildman–Crippen MR) is 72.6 cm³/mol. The molecule has 0 atom stereocenters. The van der Waals surface area contributed by atoms with E-state index >= 15 is 0 Å². The smallest absolute Gasteiger partial charge is 0.0459 e. The van der Waals surface area contributed by atoms with Crippen molar-refractivity contribution in [1.82, 2.24) is 10.3 Å². The van der Waals surface area contributed by atoms with Crippen molar-refractivity contribution >= 4 is 10.9 Å². The number of H-pyrrole nitrogens is 1. The number of aromatic amines is 1. The van der Waals surface area contributed by atoms with E-state index in [1.165, 1.54) is 22.2 Å². The summed E-state index contributed by atoms with van der Waals surface area (Å²) in [6.07, 6.45) is 0. The maximum Gasteiger partial charge on any atom is 0.0459 e. The minimum Gasteiger partial charge on any atom is -0.358 e. The molecule has 0 saturated carbocycles. The van der Waals surface area contributed by atoms with Gasteiger partial charge in [0.05, 0.1) is 0 Å². The summed E-state index contributed by atoms with van der Waals surface area (Å²) in [4.78, 5) is 3.63. The predicted octanol–water partition coefficient (Wildman–Crippen LogP) is 3.15. The third kappa shape index (κ3) is 1.67. The molecule has 1 saturated heterocycles. The van der Waals surface area contributed by atoms with Crippen LogP contribution in [-0.4, -0.2) is 18.1 Å². The third-order valence-electron chi connectivity index (χ3n) is 3.69. The number of aromatic nitrogens is 1. The molecule has 0 amide bonds. The van der Waals surface area contributed by atoms with E-state index in [0.29, 0.717) is 5.92 Å². The molecule has 1 aliphatic heterocycles. The molecule has 2 N–H and O–H groups in total. The molecule has 0 bridgehead atoms. The Balaban J connectivity index is 2.25. The van der Waals surface area contributed by atoms with E-state index in [1.54, 1.807) is 0 Å². The van der Waals surface area contributed by atoms with Gasteiger partial charge in [0.15, 0.2) is 0 Å². The van der Waals surface area contributed by atoms with Crippen LogP contribution in [0.4, 0.5) is 0 Å². The van der Waals surface area contributed by atoms with Crippen LogP contribution in [0.25, 0.3) is 10.9 Å². The molecule has 0 spiro atoms. The summed E-state index contributed by atoms with van der Waals surface area (Å²) in [5.74, 6) is 0.681. The lowest BCUT2D eigenvalue weighted by atomic mass is 9.82. The van der Waals surface area contributed by atoms with Crippen molar-refractivity contribution in [3.05, 3.63) is 35.5 Å². The molecule has 1 aromatic carbocycles. The second-order valence-electron chi connectivity index (χ2n) is 6.06. The molecule has 17 heavy (non-hydrogen) atoms. The second-order valence-corrected chi connectivity index (χ2v) is 6.06. The average Bonchev–Trinajstić information content (AvgIpc) is 2.55. The van der Waals surface area contributed by atoms with E-state index in [2.05, 4.69) is 55.3 Å². The summed E-state index contributed by atoms with van der Waals surface area (Å²) in [6, 6.07) is 8.67. The van der Waals surface area contributed by atoms with Gasteiger partial charge in [-0.15, -0.1) is 0 Å². The Morgan fingerprint density at radius 1 is 1.12 bits per heavy atom. The first kappa shape index (κ1) is 10.8. The Bertz CT molecular complexity index is 542. The van der Waals surface area contributed by atoms with Gasteiger partial charge in [0.1, 0.15) is 0 Å². The van der Waals surface area contributed by atoms with Gasteiger partial charge in [0.2, 0.25) is 0 Å². The summed E-state index contributed by atoms with van der Waals surface area (Å²) in [7, 11) is 0. The molecule has 1 aromatic heterocycles. The van der Waals surface area contributed by atoms with Gasteiger partial charge in [-0.1, -0.05) is 39.0 Å². The lowest BCUT2D eigenvalue weighted by molar-refractivity contribution is 0.438. The Kier molecular flexibility index (Phi) is 2.30. The average molecular weight is 228 g/mol. The highest BCUT2D eigenvalue weighted by Crippen LogP contribution is 2.37. The molecule has 1 aliphatic rings. The monoisotopic (exact) mass is 228 g/mol. The van der Waals surface area contributed by atoms with Crippen molar-refractivity contribution < 1.29 is 0 Å². The van der Waals surface area contributed by atoms with Gasteiger partial charge in [-0.2, -0.15) is 0 Å². The summed E-state index contributed by atoms with van der Waals surface area (Å²) in [6.45, 7) is 9.09. The normalized spacial score (nSPS) is 17.4. The van der Waals surface area contributed by atoms with Crippen molar-refractivity contribution in [3.8, 4) is 0 Å². The van der Waals surface area contributed by atoms with E-state index in [9.17, 15) is 0 Å². The van der Waals surface area contributed by atoms with Crippen LogP contribution in [0.15, 0.2) is 24.3 Å². The Morgan fingerprint density at radius 2 is 1.82 bits per heavy atom. The highest BCUT2D eigenvalue weighted by atomic mass is 15.0. The maximum atomic E-state index is 3.63. The molecule has 0 radical (unpaired) electrons. The zero-order chi connectivity index (χ0) is 12.0. The molecule has 2 heteroatoms. The van der Waals surface area contributed by atoms with Gasteiger partial charge in [-0.05, 0) is 11.6 Å². The highest BCUT2D eigenvalue weighted by Gasteiger charge is 2.30. The number of hydrogen-bond donors (Lipinski definition) is 2. The standard InChI is InChI=1S/C15H20N2/c1-15(2,3)14-13(10-8-16-9-10)11-6-4-5-7-12(11)17-14/h4-7,10,16-17H,8-9H2,1-3H3. The third-order valence-corrected chi connectivity index (χ3v) is 3.69. The summed E-state index contributed by atoms with van der Waals surface area (Å²) in [5, 5.41) is 4.79. The summed E-state index contributed by atoms with van der Waals surface area (Å²) >= 11 is 0. The number of para-hydroxylation sites is 1. The van der Waals surface area contributed by atoms with E-state index in [4.69, 9.17) is 0 Å². The van der Waals surface area contributed by atoms with Crippen LogP contribution in [-0.2, 0) is 5.41 Å².